The summed E-state index contributed by atoms with van der Waals surface area (Å²) in [4.78, 5) is 20.6. The van der Waals surface area contributed by atoms with Gasteiger partial charge < -0.3 is 15.8 Å². The number of hydrogen-bond acceptors (Lipinski definition) is 6. The number of rotatable bonds is 3. The standard InChI is InChI=1S/C15H14F2N4O2S/c1-8-5-19-14(24-8)13(22)20-9-2-3-11(16)10(4-9)15(17)7-23-6-12(18)21-15/h2-5H,6-7H2,1H3,(H2,18,21)(H,20,22)/t15-/m0/s1. The average molecular weight is 352 g/mol. The quantitative estimate of drug-likeness (QED) is 0.830. The van der Waals surface area contributed by atoms with Gasteiger partial charge in [0.05, 0.1) is 5.56 Å². The molecule has 1 atom stereocenters. The molecule has 0 aliphatic carbocycles. The molecule has 6 nitrogen and oxygen atoms in total. The van der Waals surface area contributed by atoms with E-state index in [4.69, 9.17) is 10.5 Å². The number of nitrogens with one attached hydrogen (secondary N) is 1. The summed E-state index contributed by atoms with van der Waals surface area (Å²) in [5.41, 5.74) is 5.35. The first-order valence-electron chi connectivity index (χ1n) is 7.02. The third kappa shape index (κ3) is 3.26. The summed E-state index contributed by atoms with van der Waals surface area (Å²) >= 11 is 1.22. The number of halogens is 2. The number of anilines is 1. The number of hydrogen-bond donors (Lipinski definition) is 2. The molecule has 1 aliphatic rings. The van der Waals surface area contributed by atoms with Crippen molar-refractivity contribution in [2.24, 2.45) is 10.7 Å². The van der Waals surface area contributed by atoms with Gasteiger partial charge in [-0.2, -0.15) is 0 Å². The zero-order valence-electron chi connectivity index (χ0n) is 12.7. The zero-order chi connectivity index (χ0) is 17.3. The number of carbonyl (C=O) groups is 1. The van der Waals surface area contributed by atoms with E-state index in [0.717, 1.165) is 10.9 Å². The lowest BCUT2D eigenvalue weighted by Crippen LogP contribution is -2.37. The maximum Gasteiger partial charge on any atom is 0.284 e. The van der Waals surface area contributed by atoms with Crippen LogP contribution in [0.3, 0.4) is 0 Å². The molecule has 0 unspecified atom stereocenters. The Bertz CT molecular complexity index is 824. The van der Waals surface area contributed by atoms with Crippen LogP contribution in [0.2, 0.25) is 0 Å². The second kappa shape index (κ2) is 6.25. The number of aromatic nitrogens is 1. The number of carbonyl (C=O) groups excluding carboxylic acids is 1. The Morgan fingerprint density at radius 1 is 1.50 bits per heavy atom. The summed E-state index contributed by atoms with van der Waals surface area (Å²) in [7, 11) is 0. The lowest BCUT2D eigenvalue weighted by Gasteiger charge is -2.26. The van der Waals surface area contributed by atoms with Crippen LogP contribution in [0.15, 0.2) is 29.4 Å². The van der Waals surface area contributed by atoms with E-state index >= 15 is 0 Å². The first-order valence-corrected chi connectivity index (χ1v) is 7.84. The highest BCUT2D eigenvalue weighted by atomic mass is 32.1. The molecule has 3 N–H and O–H groups in total. The number of nitrogens with two attached hydrogens (primary N) is 1. The molecule has 0 saturated heterocycles. The molecular formula is C15H14F2N4O2S. The lowest BCUT2D eigenvalue weighted by molar-refractivity contribution is 0.0170. The van der Waals surface area contributed by atoms with E-state index < -0.39 is 24.1 Å². The zero-order valence-corrected chi connectivity index (χ0v) is 13.5. The van der Waals surface area contributed by atoms with Gasteiger partial charge in [0.1, 0.15) is 24.9 Å². The average Bonchev–Trinajstić information content (AvgIpc) is 2.95. The monoisotopic (exact) mass is 352 g/mol. The summed E-state index contributed by atoms with van der Waals surface area (Å²) in [6.45, 7) is 1.36. The Hall–Kier alpha value is -2.39. The topological polar surface area (TPSA) is 89.6 Å². The highest BCUT2D eigenvalue weighted by molar-refractivity contribution is 7.13. The van der Waals surface area contributed by atoms with Gasteiger partial charge in [-0.3, -0.25) is 4.79 Å². The van der Waals surface area contributed by atoms with Gasteiger partial charge in [0.2, 0.25) is 0 Å². The number of ether oxygens (including phenoxy) is 1. The van der Waals surface area contributed by atoms with E-state index in [-0.39, 0.29) is 28.7 Å². The lowest BCUT2D eigenvalue weighted by atomic mass is 10.0. The van der Waals surface area contributed by atoms with E-state index in [1.807, 2.05) is 6.92 Å². The Balaban J connectivity index is 1.89. The molecule has 0 saturated carbocycles. The first-order chi connectivity index (χ1) is 11.4. The summed E-state index contributed by atoms with van der Waals surface area (Å²) in [5, 5.41) is 2.82. The molecule has 3 rings (SSSR count). The summed E-state index contributed by atoms with van der Waals surface area (Å²) in [6, 6.07) is 3.57. The predicted molar refractivity (Wildman–Crippen MR) is 86.4 cm³/mol. The van der Waals surface area contributed by atoms with Crippen molar-refractivity contribution in [3.63, 3.8) is 0 Å². The third-order valence-corrected chi connectivity index (χ3v) is 4.23. The van der Waals surface area contributed by atoms with Crippen LogP contribution in [0.4, 0.5) is 14.5 Å². The van der Waals surface area contributed by atoms with Crippen LogP contribution in [0, 0.1) is 12.7 Å². The van der Waals surface area contributed by atoms with Gasteiger partial charge in [-0.05, 0) is 25.1 Å². The Kier molecular flexibility index (Phi) is 4.29. The van der Waals surface area contributed by atoms with Crippen LogP contribution in [-0.4, -0.2) is 29.9 Å². The van der Waals surface area contributed by atoms with Crippen molar-refractivity contribution in [2.45, 2.75) is 12.7 Å². The highest BCUT2D eigenvalue weighted by Crippen LogP contribution is 2.34. The minimum absolute atomic E-state index is 0.00683. The van der Waals surface area contributed by atoms with Crippen molar-refractivity contribution in [3.8, 4) is 0 Å². The fourth-order valence-electron chi connectivity index (χ4n) is 2.26. The van der Waals surface area contributed by atoms with Gasteiger partial charge in [-0.25, -0.2) is 18.8 Å². The van der Waals surface area contributed by atoms with Crippen LogP contribution < -0.4 is 11.1 Å². The largest absolute Gasteiger partial charge is 0.385 e. The molecule has 1 amide bonds. The number of benzene rings is 1. The molecule has 9 heteroatoms. The van der Waals surface area contributed by atoms with Gasteiger partial charge in [-0.15, -0.1) is 11.3 Å². The van der Waals surface area contributed by atoms with Crippen molar-refractivity contribution in [1.29, 1.82) is 0 Å². The molecule has 24 heavy (non-hydrogen) atoms. The first kappa shape index (κ1) is 16.5. The summed E-state index contributed by atoms with van der Waals surface area (Å²) in [5.74, 6) is -3.75. The summed E-state index contributed by atoms with van der Waals surface area (Å²) in [6.07, 6.45) is 1.57. The van der Waals surface area contributed by atoms with Gasteiger partial charge >= 0.3 is 0 Å². The van der Waals surface area contributed by atoms with Gasteiger partial charge in [-0.1, -0.05) is 0 Å². The van der Waals surface area contributed by atoms with Crippen molar-refractivity contribution in [1.82, 2.24) is 4.98 Å². The molecule has 1 aromatic carbocycles. The molecule has 0 fully saturated rings. The predicted octanol–water partition coefficient (Wildman–Crippen LogP) is 2.35. The van der Waals surface area contributed by atoms with Gasteiger partial charge in [0.15, 0.2) is 5.01 Å². The minimum Gasteiger partial charge on any atom is -0.385 e. The van der Waals surface area contributed by atoms with E-state index in [1.165, 1.54) is 23.5 Å². The summed E-state index contributed by atoms with van der Waals surface area (Å²) < 4.78 is 34.0. The normalized spacial score (nSPS) is 20.5. The maximum atomic E-state index is 14.9. The van der Waals surface area contributed by atoms with E-state index in [1.54, 1.807) is 6.20 Å². The van der Waals surface area contributed by atoms with Crippen LogP contribution in [-0.2, 0) is 10.5 Å². The van der Waals surface area contributed by atoms with E-state index in [9.17, 15) is 13.6 Å². The minimum atomic E-state index is -2.43. The Labute approximate surface area is 140 Å². The Morgan fingerprint density at radius 3 is 2.96 bits per heavy atom. The van der Waals surface area contributed by atoms with Crippen LogP contribution in [0.25, 0.3) is 0 Å². The fraction of sp³-hybridized carbons (Fsp3) is 0.267. The molecule has 1 aromatic heterocycles. The molecule has 2 heterocycles. The number of aryl methyl sites for hydroxylation is 1. The Morgan fingerprint density at radius 2 is 2.29 bits per heavy atom. The number of amides is 1. The molecule has 1 aliphatic heterocycles. The molecule has 0 radical (unpaired) electrons. The maximum absolute atomic E-state index is 14.9. The number of alkyl halides is 1. The van der Waals surface area contributed by atoms with Crippen molar-refractivity contribution >= 4 is 28.8 Å². The molecular weight excluding hydrogens is 338 g/mol. The fourth-order valence-corrected chi connectivity index (χ4v) is 2.92. The number of amidine groups is 1. The van der Waals surface area contributed by atoms with Gasteiger partial charge in [0, 0.05) is 16.8 Å². The molecule has 0 bridgehead atoms. The molecule has 0 spiro atoms. The van der Waals surface area contributed by atoms with Crippen LogP contribution in [0.5, 0.6) is 0 Å². The number of thiazole rings is 1. The smallest absolute Gasteiger partial charge is 0.284 e. The van der Waals surface area contributed by atoms with Gasteiger partial charge in [0.25, 0.3) is 11.7 Å². The third-order valence-electron chi connectivity index (χ3n) is 3.32. The number of nitrogens with zero attached hydrogens (tertiary/aromatic N) is 2. The van der Waals surface area contributed by atoms with Crippen LogP contribution in [0.1, 0.15) is 20.2 Å². The van der Waals surface area contributed by atoms with Crippen molar-refractivity contribution in [3.05, 3.63) is 45.7 Å². The molecule has 2 aromatic rings. The molecule has 126 valence electrons. The second-order valence-corrected chi connectivity index (χ2v) is 6.51. The SMILES string of the molecule is Cc1cnc(C(=O)Nc2ccc(F)c([C@]3(F)COCC(N)=N3)c2)s1. The number of aliphatic imine (C=N–C) groups is 1. The van der Waals surface area contributed by atoms with Crippen molar-refractivity contribution < 1.29 is 18.3 Å². The van der Waals surface area contributed by atoms with Crippen LogP contribution >= 0.6 is 11.3 Å². The van der Waals surface area contributed by atoms with E-state index in [0.29, 0.717) is 0 Å². The second-order valence-electron chi connectivity index (χ2n) is 5.28. The van der Waals surface area contributed by atoms with E-state index in [2.05, 4.69) is 15.3 Å². The van der Waals surface area contributed by atoms with Crippen molar-refractivity contribution in [2.75, 3.05) is 18.5 Å². The highest BCUT2D eigenvalue weighted by Gasteiger charge is 2.37.